The third-order valence-corrected chi connectivity index (χ3v) is 3.77. The summed E-state index contributed by atoms with van der Waals surface area (Å²) in [5.74, 6) is 0.679. The van der Waals surface area contributed by atoms with E-state index in [2.05, 4.69) is 37.7 Å². The van der Waals surface area contributed by atoms with Gasteiger partial charge in [-0.05, 0) is 38.2 Å². The third-order valence-electron chi connectivity index (χ3n) is 3.77. The fourth-order valence-corrected chi connectivity index (χ4v) is 2.17. The Labute approximate surface area is 129 Å². The molecule has 1 heterocycles. The number of nitrogens with zero attached hydrogens (tertiary/aromatic N) is 3. The van der Waals surface area contributed by atoms with Crippen molar-refractivity contribution in [2.75, 3.05) is 4.90 Å². The number of rotatable bonds is 9. The van der Waals surface area contributed by atoms with Gasteiger partial charge in [0.2, 0.25) is 11.9 Å². The van der Waals surface area contributed by atoms with E-state index in [1.54, 1.807) is 4.90 Å². The van der Waals surface area contributed by atoms with Crippen LogP contribution in [0.3, 0.4) is 0 Å². The third kappa shape index (κ3) is 5.44. The van der Waals surface area contributed by atoms with Crippen molar-refractivity contribution in [3.8, 4) is 0 Å². The van der Waals surface area contributed by atoms with Crippen molar-refractivity contribution >= 4 is 11.9 Å². The zero-order valence-electron chi connectivity index (χ0n) is 13.9. The average Bonchev–Trinajstić information content (AvgIpc) is 2.52. The van der Waals surface area contributed by atoms with Gasteiger partial charge in [0.25, 0.3) is 0 Å². The number of carbonyl (C=O) groups is 1. The first-order valence-corrected chi connectivity index (χ1v) is 8.26. The minimum Gasteiger partial charge on any atom is -0.278 e. The van der Waals surface area contributed by atoms with Gasteiger partial charge >= 0.3 is 0 Å². The molecule has 1 unspecified atom stereocenters. The van der Waals surface area contributed by atoms with Gasteiger partial charge in [-0.1, -0.05) is 33.6 Å². The molecule has 1 rings (SSSR count). The van der Waals surface area contributed by atoms with Gasteiger partial charge in [0, 0.05) is 24.9 Å². The van der Waals surface area contributed by atoms with Gasteiger partial charge in [-0.3, -0.25) is 9.69 Å². The highest BCUT2D eigenvalue weighted by molar-refractivity contribution is 5.92. The minimum absolute atomic E-state index is 0.132. The number of carbonyl (C=O) groups excluding carboxylic acids is 1. The van der Waals surface area contributed by atoms with Gasteiger partial charge in [-0.25, -0.2) is 9.97 Å². The summed E-state index contributed by atoms with van der Waals surface area (Å²) < 4.78 is 0. The molecule has 4 heteroatoms. The molecule has 1 atom stereocenters. The molecular weight excluding hydrogens is 262 g/mol. The summed E-state index contributed by atoms with van der Waals surface area (Å²) in [5, 5.41) is 0. The fourth-order valence-electron chi connectivity index (χ4n) is 2.17. The van der Waals surface area contributed by atoms with Crippen LogP contribution in [0.5, 0.6) is 0 Å². The average molecular weight is 291 g/mol. The summed E-state index contributed by atoms with van der Waals surface area (Å²) in [6.45, 7) is 8.41. The predicted molar refractivity (Wildman–Crippen MR) is 87.4 cm³/mol. The first-order valence-electron chi connectivity index (χ1n) is 8.26. The molecule has 0 saturated heterocycles. The second-order valence-electron chi connectivity index (χ2n) is 5.62. The van der Waals surface area contributed by atoms with Gasteiger partial charge in [0.05, 0.1) is 0 Å². The lowest BCUT2D eigenvalue weighted by Crippen LogP contribution is -2.39. The molecule has 118 valence electrons. The van der Waals surface area contributed by atoms with Gasteiger partial charge in [-0.2, -0.15) is 0 Å². The van der Waals surface area contributed by atoms with Crippen molar-refractivity contribution < 1.29 is 4.79 Å². The van der Waals surface area contributed by atoms with Crippen LogP contribution in [-0.2, 0) is 11.2 Å². The van der Waals surface area contributed by atoms with E-state index in [0.717, 1.165) is 44.1 Å². The lowest BCUT2D eigenvalue weighted by molar-refractivity contribution is -0.119. The van der Waals surface area contributed by atoms with Crippen molar-refractivity contribution in [1.82, 2.24) is 9.97 Å². The number of hydrogen-bond acceptors (Lipinski definition) is 3. The normalized spacial score (nSPS) is 12.2. The van der Waals surface area contributed by atoms with E-state index in [1.807, 2.05) is 12.4 Å². The molecule has 21 heavy (non-hydrogen) atoms. The van der Waals surface area contributed by atoms with Crippen LogP contribution in [0, 0.1) is 0 Å². The van der Waals surface area contributed by atoms with Crippen molar-refractivity contribution in [3.05, 3.63) is 18.0 Å². The standard InChI is InChI=1S/C17H29N3O/c1-5-8-10-15-12-18-17(19-13-15)20(14(4)7-3)16(21)11-9-6-2/h12-14H,5-11H2,1-4H3. The number of aromatic nitrogens is 2. The Morgan fingerprint density at radius 2 is 1.76 bits per heavy atom. The van der Waals surface area contributed by atoms with Gasteiger partial charge < -0.3 is 0 Å². The molecule has 0 fully saturated rings. The maximum Gasteiger partial charge on any atom is 0.232 e. The van der Waals surface area contributed by atoms with Crippen LogP contribution in [0.4, 0.5) is 5.95 Å². The maximum atomic E-state index is 12.4. The number of hydrogen-bond donors (Lipinski definition) is 0. The molecule has 0 spiro atoms. The van der Waals surface area contributed by atoms with Crippen molar-refractivity contribution in [2.24, 2.45) is 0 Å². The van der Waals surface area contributed by atoms with Crippen LogP contribution < -0.4 is 4.90 Å². The van der Waals surface area contributed by atoms with E-state index in [1.165, 1.54) is 0 Å². The Balaban J connectivity index is 2.85. The molecule has 0 aliphatic rings. The maximum absolute atomic E-state index is 12.4. The molecule has 1 aromatic heterocycles. The molecule has 0 aromatic carbocycles. The zero-order chi connectivity index (χ0) is 15.7. The van der Waals surface area contributed by atoms with Crippen molar-refractivity contribution in [3.63, 3.8) is 0 Å². The van der Waals surface area contributed by atoms with Crippen LogP contribution in [0.15, 0.2) is 12.4 Å². The quantitative estimate of drug-likeness (QED) is 0.687. The Kier molecular flexibility index (Phi) is 7.95. The molecule has 0 aliphatic heterocycles. The molecule has 0 saturated carbocycles. The number of unbranched alkanes of at least 4 members (excludes halogenated alkanes) is 2. The van der Waals surface area contributed by atoms with Crippen molar-refractivity contribution in [1.29, 1.82) is 0 Å². The molecule has 4 nitrogen and oxygen atoms in total. The SMILES string of the molecule is CCCCC(=O)N(c1ncc(CCCC)cn1)C(C)CC. The highest BCUT2D eigenvalue weighted by Gasteiger charge is 2.22. The number of anilines is 1. The van der Waals surface area contributed by atoms with Crippen LogP contribution in [0.1, 0.15) is 71.8 Å². The van der Waals surface area contributed by atoms with Crippen LogP contribution in [0.25, 0.3) is 0 Å². The smallest absolute Gasteiger partial charge is 0.232 e. The Hall–Kier alpha value is -1.45. The first-order chi connectivity index (χ1) is 10.1. The highest BCUT2D eigenvalue weighted by Crippen LogP contribution is 2.16. The molecular formula is C17H29N3O. The molecule has 0 N–H and O–H groups in total. The monoisotopic (exact) mass is 291 g/mol. The van der Waals surface area contributed by atoms with E-state index in [4.69, 9.17) is 0 Å². The Bertz CT molecular complexity index is 417. The van der Waals surface area contributed by atoms with E-state index in [9.17, 15) is 4.79 Å². The van der Waals surface area contributed by atoms with Crippen LogP contribution in [-0.4, -0.2) is 21.9 Å². The summed E-state index contributed by atoms with van der Waals surface area (Å²) >= 11 is 0. The van der Waals surface area contributed by atoms with Gasteiger partial charge in [0.1, 0.15) is 0 Å². The number of aryl methyl sites for hydroxylation is 1. The summed E-state index contributed by atoms with van der Waals surface area (Å²) in [5.41, 5.74) is 1.14. The summed E-state index contributed by atoms with van der Waals surface area (Å²) in [4.78, 5) is 23.0. The molecule has 0 radical (unpaired) electrons. The largest absolute Gasteiger partial charge is 0.278 e. The summed E-state index contributed by atoms with van der Waals surface area (Å²) in [6.07, 6.45) is 10.5. The summed E-state index contributed by atoms with van der Waals surface area (Å²) in [6, 6.07) is 0.135. The second kappa shape index (κ2) is 9.48. The van der Waals surface area contributed by atoms with E-state index < -0.39 is 0 Å². The van der Waals surface area contributed by atoms with Gasteiger partial charge in [-0.15, -0.1) is 0 Å². The van der Waals surface area contributed by atoms with Crippen LogP contribution in [0.2, 0.25) is 0 Å². The Morgan fingerprint density at radius 3 is 2.29 bits per heavy atom. The highest BCUT2D eigenvalue weighted by atomic mass is 16.2. The Morgan fingerprint density at radius 1 is 1.14 bits per heavy atom. The van der Waals surface area contributed by atoms with E-state index in [0.29, 0.717) is 12.4 Å². The summed E-state index contributed by atoms with van der Waals surface area (Å²) in [7, 11) is 0. The number of amides is 1. The van der Waals surface area contributed by atoms with Crippen LogP contribution >= 0.6 is 0 Å². The second-order valence-corrected chi connectivity index (χ2v) is 5.62. The van der Waals surface area contributed by atoms with E-state index in [-0.39, 0.29) is 11.9 Å². The first kappa shape index (κ1) is 17.6. The predicted octanol–water partition coefficient (Wildman–Crippen LogP) is 4.14. The lowest BCUT2D eigenvalue weighted by atomic mass is 10.1. The molecule has 1 amide bonds. The van der Waals surface area contributed by atoms with E-state index >= 15 is 0 Å². The zero-order valence-corrected chi connectivity index (χ0v) is 13.9. The van der Waals surface area contributed by atoms with Crippen molar-refractivity contribution in [2.45, 2.75) is 78.7 Å². The minimum atomic E-state index is 0.132. The molecule has 0 aliphatic carbocycles. The fraction of sp³-hybridized carbons (Fsp3) is 0.706. The molecule has 0 bridgehead atoms. The van der Waals surface area contributed by atoms with Gasteiger partial charge in [0.15, 0.2) is 0 Å². The lowest BCUT2D eigenvalue weighted by Gasteiger charge is -2.26. The molecule has 1 aromatic rings. The topological polar surface area (TPSA) is 46.1 Å².